The van der Waals surface area contributed by atoms with Gasteiger partial charge in [0.15, 0.2) is 5.13 Å². The summed E-state index contributed by atoms with van der Waals surface area (Å²) in [6, 6.07) is 8.35. The minimum absolute atomic E-state index is 0.0386. The lowest BCUT2D eigenvalue weighted by atomic mass is 10.1. The van der Waals surface area contributed by atoms with Crippen molar-refractivity contribution in [3.05, 3.63) is 70.2 Å². The fourth-order valence-corrected chi connectivity index (χ4v) is 4.92. The topological polar surface area (TPSA) is 83.1 Å². The number of hydrogen-bond acceptors (Lipinski definition) is 6. The maximum Gasteiger partial charge on any atom is 0.266 e. The highest BCUT2D eigenvalue weighted by atomic mass is 35.5. The van der Waals surface area contributed by atoms with E-state index in [0.29, 0.717) is 18.5 Å². The molecule has 1 atom stereocenters. The predicted molar refractivity (Wildman–Crippen MR) is 116 cm³/mol. The Balaban J connectivity index is 1.72. The van der Waals surface area contributed by atoms with Crippen molar-refractivity contribution in [1.82, 2.24) is 10.3 Å². The third kappa shape index (κ3) is 5.45. The molecule has 2 aromatic carbocycles. The second kappa shape index (κ2) is 9.69. The van der Waals surface area contributed by atoms with Gasteiger partial charge in [-0.05, 0) is 37.2 Å². The van der Waals surface area contributed by atoms with Crippen LogP contribution in [0.4, 0.5) is 19.6 Å². The number of hydrogen-bond donors (Lipinski definition) is 3. The van der Waals surface area contributed by atoms with Gasteiger partial charge in [-0.1, -0.05) is 29.8 Å². The molecule has 0 amide bonds. The van der Waals surface area contributed by atoms with Crippen LogP contribution in [-0.4, -0.2) is 33.0 Å². The number of benzene rings is 2. The standard InChI is InChI=1S/C19H19ClF2N4O2S2/c1-23-13(8-12-4-2-3-5-15(12)21)11-25-17-10-16(22)18(9-14(17)20)30(27,28)26-19-24-6-7-29-19/h2-7,9-10,13,23,25H,8,11H2,1H3,(H,24,26). The third-order valence-corrected chi connectivity index (χ3v) is 6.82. The van der Waals surface area contributed by atoms with E-state index >= 15 is 0 Å². The van der Waals surface area contributed by atoms with Crippen molar-refractivity contribution < 1.29 is 17.2 Å². The van der Waals surface area contributed by atoms with Crippen LogP contribution in [0.15, 0.2) is 52.9 Å². The van der Waals surface area contributed by atoms with Gasteiger partial charge >= 0.3 is 0 Å². The highest BCUT2D eigenvalue weighted by molar-refractivity contribution is 7.93. The van der Waals surface area contributed by atoms with Crippen LogP contribution in [0, 0.1) is 11.6 Å². The van der Waals surface area contributed by atoms with Crippen molar-refractivity contribution in [3.63, 3.8) is 0 Å². The normalized spacial score (nSPS) is 12.5. The van der Waals surface area contributed by atoms with Crippen LogP contribution in [0.1, 0.15) is 5.56 Å². The molecule has 0 aliphatic rings. The molecule has 1 unspecified atom stereocenters. The molecule has 0 aliphatic heterocycles. The summed E-state index contributed by atoms with van der Waals surface area (Å²) in [5, 5.41) is 7.80. The van der Waals surface area contributed by atoms with E-state index in [0.717, 1.165) is 23.5 Å². The Labute approximate surface area is 182 Å². The number of halogens is 3. The fourth-order valence-electron chi connectivity index (χ4n) is 2.75. The number of rotatable bonds is 9. The summed E-state index contributed by atoms with van der Waals surface area (Å²) in [7, 11) is -2.45. The lowest BCUT2D eigenvalue weighted by Crippen LogP contribution is -2.35. The van der Waals surface area contributed by atoms with Crippen LogP contribution in [0.5, 0.6) is 0 Å². The lowest BCUT2D eigenvalue weighted by Gasteiger charge is -2.19. The number of sulfonamides is 1. The van der Waals surface area contributed by atoms with Gasteiger partial charge < -0.3 is 10.6 Å². The molecule has 160 valence electrons. The maximum absolute atomic E-state index is 14.6. The monoisotopic (exact) mass is 472 g/mol. The summed E-state index contributed by atoms with van der Waals surface area (Å²) >= 11 is 7.26. The van der Waals surface area contributed by atoms with Crippen LogP contribution < -0.4 is 15.4 Å². The molecule has 11 heteroatoms. The Morgan fingerprint density at radius 1 is 1.20 bits per heavy atom. The van der Waals surface area contributed by atoms with E-state index in [2.05, 4.69) is 20.3 Å². The quantitative estimate of drug-likeness (QED) is 0.436. The lowest BCUT2D eigenvalue weighted by molar-refractivity contribution is 0.550. The van der Waals surface area contributed by atoms with E-state index in [1.54, 1.807) is 30.6 Å². The molecule has 6 nitrogen and oxygen atoms in total. The second-order valence-corrected chi connectivity index (χ2v) is 9.32. The molecule has 0 saturated heterocycles. The van der Waals surface area contributed by atoms with Crippen LogP contribution in [0.3, 0.4) is 0 Å². The van der Waals surface area contributed by atoms with E-state index in [9.17, 15) is 17.2 Å². The van der Waals surface area contributed by atoms with Gasteiger partial charge in [0.05, 0.1) is 10.7 Å². The average Bonchev–Trinajstić information content (AvgIpc) is 3.20. The molecule has 30 heavy (non-hydrogen) atoms. The van der Waals surface area contributed by atoms with Crippen LogP contribution in [-0.2, 0) is 16.4 Å². The number of aromatic nitrogens is 1. The van der Waals surface area contributed by atoms with Crippen molar-refractivity contribution in [1.29, 1.82) is 0 Å². The van der Waals surface area contributed by atoms with Gasteiger partial charge in [-0.15, -0.1) is 11.3 Å². The number of anilines is 2. The van der Waals surface area contributed by atoms with Crippen molar-refractivity contribution in [3.8, 4) is 0 Å². The zero-order valence-corrected chi connectivity index (χ0v) is 18.2. The smallest absolute Gasteiger partial charge is 0.266 e. The zero-order chi connectivity index (χ0) is 21.7. The Morgan fingerprint density at radius 2 is 1.97 bits per heavy atom. The molecular formula is C19H19ClF2N4O2S2. The average molecular weight is 473 g/mol. The van der Waals surface area contributed by atoms with Crippen LogP contribution in [0.25, 0.3) is 0 Å². The summed E-state index contributed by atoms with van der Waals surface area (Å²) in [6.45, 7) is 0.313. The maximum atomic E-state index is 14.6. The molecule has 3 N–H and O–H groups in total. The van der Waals surface area contributed by atoms with Gasteiger partial charge in [-0.3, -0.25) is 4.72 Å². The predicted octanol–water partition coefficient (Wildman–Crippen LogP) is 4.12. The van der Waals surface area contributed by atoms with Crippen LogP contribution in [0.2, 0.25) is 5.02 Å². The SMILES string of the molecule is CNC(CNc1cc(F)c(S(=O)(=O)Nc2nccs2)cc1Cl)Cc1ccccc1F. The van der Waals surface area contributed by atoms with Crippen molar-refractivity contribution in [2.45, 2.75) is 17.4 Å². The molecule has 0 fully saturated rings. The van der Waals surface area contributed by atoms with Crippen molar-refractivity contribution >= 4 is 43.8 Å². The van der Waals surface area contributed by atoms with Gasteiger partial charge in [0.1, 0.15) is 16.5 Å². The summed E-state index contributed by atoms with van der Waals surface area (Å²) < 4.78 is 55.5. The van der Waals surface area contributed by atoms with Crippen molar-refractivity contribution in [2.24, 2.45) is 0 Å². The molecule has 0 saturated carbocycles. The Morgan fingerprint density at radius 3 is 2.63 bits per heavy atom. The van der Waals surface area contributed by atoms with E-state index in [1.807, 2.05) is 0 Å². The first kappa shape index (κ1) is 22.4. The first-order valence-corrected chi connectivity index (χ1v) is 11.6. The molecule has 1 heterocycles. The molecule has 0 bridgehead atoms. The van der Waals surface area contributed by atoms with Gasteiger partial charge in [-0.2, -0.15) is 0 Å². The highest BCUT2D eigenvalue weighted by Gasteiger charge is 2.23. The first-order chi connectivity index (χ1) is 14.3. The molecule has 0 radical (unpaired) electrons. The Hall–Kier alpha value is -2.27. The number of thiazole rings is 1. The second-order valence-electron chi connectivity index (χ2n) is 6.37. The number of nitrogens with zero attached hydrogens (tertiary/aromatic N) is 1. The van der Waals surface area contributed by atoms with Gasteiger partial charge in [0, 0.05) is 24.2 Å². The van der Waals surface area contributed by atoms with Crippen molar-refractivity contribution in [2.75, 3.05) is 23.6 Å². The zero-order valence-electron chi connectivity index (χ0n) is 15.8. The van der Waals surface area contributed by atoms with E-state index in [1.165, 1.54) is 12.3 Å². The van der Waals surface area contributed by atoms with Gasteiger partial charge in [0.2, 0.25) is 0 Å². The summed E-state index contributed by atoms with van der Waals surface area (Å²) in [5.41, 5.74) is 0.779. The summed E-state index contributed by atoms with van der Waals surface area (Å²) in [6.07, 6.45) is 1.83. The highest BCUT2D eigenvalue weighted by Crippen LogP contribution is 2.29. The van der Waals surface area contributed by atoms with Gasteiger partial charge in [-0.25, -0.2) is 22.2 Å². The number of likely N-dealkylation sites (N-methyl/N-ethyl adjacent to an activating group) is 1. The minimum atomic E-state index is -4.18. The largest absolute Gasteiger partial charge is 0.382 e. The Bertz CT molecular complexity index is 1110. The molecule has 0 spiro atoms. The van der Waals surface area contributed by atoms with E-state index in [-0.39, 0.29) is 27.7 Å². The van der Waals surface area contributed by atoms with E-state index < -0.39 is 20.7 Å². The number of nitrogens with one attached hydrogen (secondary N) is 3. The fraction of sp³-hybridized carbons (Fsp3) is 0.211. The molecule has 3 rings (SSSR count). The minimum Gasteiger partial charge on any atom is -0.382 e. The summed E-state index contributed by atoms with van der Waals surface area (Å²) in [5.74, 6) is -1.26. The van der Waals surface area contributed by atoms with Gasteiger partial charge in [0.25, 0.3) is 10.0 Å². The molecular weight excluding hydrogens is 454 g/mol. The van der Waals surface area contributed by atoms with Crippen LogP contribution >= 0.6 is 22.9 Å². The third-order valence-electron chi connectivity index (χ3n) is 4.34. The molecule has 1 aromatic heterocycles. The molecule has 0 aliphatic carbocycles. The molecule has 3 aromatic rings. The first-order valence-electron chi connectivity index (χ1n) is 8.86. The summed E-state index contributed by atoms with van der Waals surface area (Å²) in [4.78, 5) is 3.24. The Kier molecular flexibility index (Phi) is 7.24. The van der Waals surface area contributed by atoms with E-state index in [4.69, 9.17) is 11.6 Å².